The third-order valence-electron chi connectivity index (χ3n) is 4.68. The Labute approximate surface area is 159 Å². The highest BCUT2D eigenvalue weighted by Gasteiger charge is 2.66. The zero-order chi connectivity index (χ0) is 19.9. The molecule has 0 aliphatic carbocycles. The van der Waals surface area contributed by atoms with Gasteiger partial charge in [-0.1, -0.05) is 40.0 Å². The van der Waals surface area contributed by atoms with Gasteiger partial charge in [-0.15, -0.1) is 0 Å². The highest BCUT2D eigenvalue weighted by Crippen LogP contribution is 2.79. The Morgan fingerprint density at radius 1 is 0.923 bits per heavy atom. The van der Waals surface area contributed by atoms with E-state index in [4.69, 9.17) is 18.1 Å². The fourth-order valence-electron chi connectivity index (χ4n) is 2.96. The van der Waals surface area contributed by atoms with Crippen LogP contribution in [0.5, 0.6) is 0 Å². The second-order valence-electron chi connectivity index (χ2n) is 7.81. The largest absolute Gasteiger partial charge is 0.362 e. The fraction of sp³-hybridized carbons (Fsp3) is 1.00. The van der Waals surface area contributed by atoms with Crippen LogP contribution in [0.4, 0.5) is 0 Å². The van der Waals surface area contributed by atoms with Crippen LogP contribution in [0, 0.1) is 0 Å². The van der Waals surface area contributed by atoms with E-state index in [1.807, 2.05) is 34.6 Å². The fourth-order valence-corrected chi connectivity index (χ4v) is 7.85. The van der Waals surface area contributed by atoms with Gasteiger partial charge in [0.1, 0.15) is 0 Å². The molecule has 2 atom stereocenters. The number of unbranched alkanes of at least 4 members (excludes halogenated alkanes) is 3. The zero-order valence-corrected chi connectivity index (χ0v) is 19.2. The maximum absolute atomic E-state index is 13.6. The predicted octanol–water partition coefficient (Wildman–Crippen LogP) is 6.74. The van der Waals surface area contributed by atoms with E-state index in [9.17, 15) is 9.13 Å². The predicted molar refractivity (Wildman–Crippen MR) is 106 cm³/mol. The summed E-state index contributed by atoms with van der Waals surface area (Å²) in [5, 5.41) is -2.01. The average Bonchev–Trinajstić information content (AvgIpc) is 2.74. The molecule has 6 nitrogen and oxygen atoms in total. The van der Waals surface area contributed by atoms with Crippen molar-refractivity contribution in [2.24, 2.45) is 0 Å². The summed E-state index contributed by atoms with van der Waals surface area (Å²) in [6.45, 7) is 12.5. The Kier molecular flexibility index (Phi) is 9.53. The van der Waals surface area contributed by atoms with Crippen LogP contribution in [-0.4, -0.2) is 30.3 Å². The molecule has 0 bridgehead atoms. The molecule has 0 radical (unpaired) electrons. The molecular weight excluding hydrogens is 374 g/mol. The average molecular weight is 412 g/mol. The third kappa shape index (κ3) is 5.65. The topological polar surface area (TPSA) is 71.1 Å². The van der Waals surface area contributed by atoms with E-state index in [1.54, 1.807) is 6.92 Å². The highest BCUT2D eigenvalue weighted by atomic mass is 31.2. The molecular formula is C18H38O6P2. The van der Waals surface area contributed by atoms with E-state index in [0.29, 0.717) is 26.2 Å². The first-order valence-corrected chi connectivity index (χ1v) is 13.0. The van der Waals surface area contributed by atoms with Crippen molar-refractivity contribution in [3.05, 3.63) is 0 Å². The highest BCUT2D eigenvalue weighted by molar-refractivity contribution is 7.60. The standard InChI is InChI=1S/C18H38O6P2/c1-7-10-13-21-25(19)17(4,5)16-18(6,24-25)26(20,22-14-11-8-2)23-15-12-9-3/h7-16H2,1-6H3. The van der Waals surface area contributed by atoms with E-state index in [0.717, 1.165) is 38.5 Å². The molecule has 1 heterocycles. The monoisotopic (exact) mass is 412 g/mol. The molecule has 0 amide bonds. The molecule has 0 aromatic carbocycles. The minimum absolute atomic E-state index is 0.304. The summed E-state index contributed by atoms with van der Waals surface area (Å²) >= 11 is 0. The third-order valence-corrected chi connectivity index (χ3v) is 10.1. The lowest BCUT2D eigenvalue weighted by Crippen LogP contribution is -2.29. The maximum atomic E-state index is 13.6. The lowest BCUT2D eigenvalue weighted by atomic mass is 10.1. The molecule has 1 saturated heterocycles. The molecule has 0 aromatic rings. The minimum Gasteiger partial charge on any atom is -0.308 e. The second kappa shape index (κ2) is 10.2. The summed E-state index contributed by atoms with van der Waals surface area (Å²) in [6, 6.07) is 0. The first kappa shape index (κ1) is 24.3. The van der Waals surface area contributed by atoms with Crippen LogP contribution >= 0.6 is 15.2 Å². The van der Waals surface area contributed by atoms with E-state index in [-0.39, 0.29) is 0 Å². The molecule has 1 aliphatic heterocycles. The molecule has 0 N–H and O–H groups in total. The van der Waals surface area contributed by atoms with Crippen LogP contribution in [0.3, 0.4) is 0 Å². The second-order valence-corrected chi connectivity index (χ2v) is 12.9. The molecule has 1 fully saturated rings. The number of rotatable bonds is 13. The van der Waals surface area contributed by atoms with Gasteiger partial charge in [-0.3, -0.25) is 13.7 Å². The Hall–Kier alpha value is 0.300. The Balaban J connectivity index is 3.03. The van der Waals surface area contributed by atoms with Gasteiger partial charge >= 0.3 is 15.2 Å². The summed E-state index contributed by atoms with van der Waals surface area (Å²) < 4.78 is 50.2. The zero-order valence-electron chi connectivity index (χ0n) is 17.4. The van der Waals surface area contributed by atoms with Crippen LogP contribution < -0.4 is 0 Å². The summed E-state index contributed by atoms with van der Waals surface area (Å²) in [7, 11) is -7.04. The minimum atomic E-state index is -3.61. The first-order chi connectivity index (χ1) is 12.1. The lowest BCUT2D eigenvalue weighted by Gasteiger charge is -2.32. The van der Waals surface area contributed by atoms with Crippen molar-refractivity contribution in [3.63, 3.8) is 0 Å². The molecule has 26 heavy (non-hydrogen) atoms. The molecule has 2 unspecified atom stereocenters. The van der Waals surface area contributed by atoms with Gasteiger partial charge in [0, 0.05) is 6.42 Å². The normalized spacial score (nSPS) is 28.5. The van der Waals surface area contributed by atoms with Crippen molar-refractivity contribution < 1.29 is 27.2 Å². The number of hydrogen-bond donors (Lipinski definition) is 0. The maximum Gasteiger partial charge on any atom is 0.362 e. The summed E-state index contributed by atoms with van der Waals surface area (Å²) in [5.74, 6) is 0. The summed E-state index contributed by atoms with van der Waals surface area (Å²) in [6.07, 6.45) is 5.47. The van der Waals surface area contributed by atoms with Gasteiger partial charge in [0.2, 0.25) is 0 Å². The smallest absolute Gasteiger partial charge is 0.308 e. The van der Waals surface area contributed by atoms with Crippen LogP contribution in [0.1, 0.15) is 86.5 Å². The Morgan fingerprint density at radius 3 is 1.85 bits per heavy atom. The molecule has 156 valence electrons. The van der Waals surface area contributed by atoms with E-state index < -0.39 is 25.7 Å². The van der Waals surface area contributed by atoms with E-state index in [2.05, 4.69) is 0 Å². The van der Waals surface area contributed by atoms with E-state index >= 15 is 0 Å². The quantitative estimate of drug-likeness (QED) is 0.246. The van der Waals surface area contributed by atoms with E-state index in [1.165, 1.54) is 0 Å². The lowest BCUT2D eigenvalue weighted by molar-refractivity contribution is 0.0938. The van der Waals surface area contributed by atoms with Crippen molar-refractivity contribution in [1.82, 2.24) is 0 Å². The van der Waals surface area contributed by atoms with Gasteiger partial charge in [-0.25, -0.2) is 0 Å². The van der Waals surface area contributed by atoms with Crippen molar-refractivity contribution in [3.8, 4) is 0 Å². The van der Waals surface area contributed by atoms with Gasteiger partial charge < -0.3 is 13.6 Å². The van der Waals surface area contributed by atoms with Gasteiger partial charge in [0.25, 0.3) is 0 Å². The molecule has 0 saturated carbocycles. The SMILES string of the molecule is CCCCOP1(=O)OC(C)(P(=O)(OCCCC)OCCCC)CC1(C)C. The molecule has 0 aromatic heterocycles. The van der Waals surface area contributed by atoms with Gasteiger partial charge in [-0.2, -0.15) is 0 Å². The van der Waals surface area contributed by atoms with Crippen LogP contribution in [0.25, 0.3) is 0 Å². The molecule has 1 aliphatic rings. The summed E-state index contributed by atoms with van der Waals surface area (Å²) in [4.78, 5) is 0. The first-order valence-electron chi connectivity index (χ1n) is 9.94. The van der Waals surface area contributed by atoms with Crippen molar-refractivity contribution in [1.29, 1.82) is 0 Å². The van der Waals surface area contributed by atoms with Crippen LogP contribution in [0.2, 0.25) is 0 Å². The van der Waals surface area contributed by atoms with Crippen molar-refractivity contribution >= 4 is 15.2 Å². The van der Waals surface area contributed by atoms with Gasteiger partial charge in [0.05, 0.1) is 25.0 Å². The van der Waals surface area contributed by atoms with Crippen LogP contribution in [0.15, 0.2) is 0 Å². The molecule has 8 heteroatoms. The van der Waals surface area contributed by atoms with Crippen molar-refractivity contribution in [2.75, 3.05) is 19.8 Å². The molecule has 1 rings (SSSR count). The number of hydrogen-bond acceptors (Lipinski definition) is 6. The van der Waals surface area contributed by atoms with Crippen LogP contribution in [-0.2, 0) is 27.2 Å². The summed E-state index contributed by atoms with van der Waals surface area (Å²) in [5.41, 5.74) is 0. The Bertz CT molecular complexity index is 508. The molecule has 0 spiro atoms. The van der Waals surface area contributed by atoms with Crippen molar-refractivity contribution in [2.45, 2.75) is 97.0 Å². The van der Waals surface area contributed by atoms with Gasteiger partial charge in [0.15, 0.2) is 5.34 Å². The Morgan fingerprint density at radius 2 is 1.38 bits per heavy atom. The van der Waals surface area contributed by atoms with Gasteiger partial charge in [-0.05, 0) is 40.0 Å².